The number of nitrogens with one attached hydrogen (secondary N) is 1. The Kier molecular flexibility index (Phi) is 5.81. The summed E-state index contributed by atoms with van der Waals surface area (Å²) in [4.78, 5) is 5.83. The number of imidazole rings is 1. The number of nitrogens with zero attached hydrogens (tertiary/aromatic N) is 2. The molecule has 0 aliphatic carbocycles. The van der Waals surface area contributed by atoms with Crippen molar-refractivity contribution in [2.24, 2.45) is 7.05 Å². The quantitative estimate of drug-likeness (QED) is 0.805. The van der Waals surface area contributed by atoms with E-state index < -0.39 is 0 Å². The van der Waals surface area contributed by atoms with E-state index in [1.807, 2.05) is 23.7 Å². The number of halogens is 1. The molecule has 5 heteroatoms. The standard InChI is InChI=1S/C15H22BrN3S/c1-4-7-17-12(13-10-11(2)15(16)20-13)5-6-14-18-8-9-19(14)3/h8-10,12,17H,4-7H2,1-3H3. The number of rotatable bonds is 7. The Morgan fingerprint density at radius 1 is 1.50 bits per heavy atom. The highest BCUT2D eigenvalue weighted by Gasteiger charge is 2.15. The lowest BCUT2D eigenvalue weighted by atomic mass is 10.1. The van der Waals surface area contributed by atoms with Crippen molar-refractivity contribution in [3.63, 3.8) is 0 Å². The lowest BCUT2D eigenvalue weighted by Crippen LogP contribution is -2.22. The molecule has 0 aliphatic rings. The fourth-order valence-corrected chi connectivity index (χ4v) is 3.91. The second-order valence-corrected chi connectivity index (χ2v) is 7.51. The summed E-state index contributed by atoms with van der Waals surface area (Å²) in [5.74, 6) is 1.15. The van der Waals surface area contributed by atoms with Crippen LogP contribution in [0.15, 0.2) is 22.2 Å². The molecule has 3 nitrogen and oxygen atoms in total. The number of hydrogen-bond acceptors (Lipinski definition) is 3. The van der Waals surface area contributed by atoms with Crippen molar-refractivity contribution < 1.29 is 0 Å². The lowest BCUT2D eigenvalue weighted by Gasteiger charge is -2.17. The Balaban J connectivity index is 2.05. The second-order valence-electron chi connectivity index (χ2n) is 5.11. The van der Waals surface area contributed by atoms with Crippen LogP contribution in [0.1, 0.15) is 42.1 Å². The van der Waals surface area contributed by atoms with Gasteiger partial charge < -0.3 is 9.88 Å². The summed E-state index contributed by atoms with van der Waals surface area (Å²) in [6.45, 7) is 5.41. The highest BCUT2D eigenvalue weighted by Crippen LogP contribution is 2.33. The molecule has 0 aliphatic heterocycles. The van der Waals surface area contributed by atoms with Gasteiger partial charge in [0, 0.05) is 36.8 Å². The summed E-state index contributed by atoms with van der Waals surface area (Å²) in [7, 11) is 2.06. The van der Waals surface area contributed by atoms with E-state index in [4.69, 9.17) is 0 Å². The van der Waals surface area contributed by atoms with Gasteiger partial charge in [-0.3, -0.25) is 0 Å². The molecule has 20 heavy (non-hydrogen) atoms. The number of thiophene rings is 1. The van der Waals surface area contributed by atoms with Crippen molar-refractivity contribution >= 4 is 27.3 Å². The van der Waals surface area contributed by atoms with Crippen molar-refractivity contribution in [2.75, 3.05) is 6.54 Å². The van der Waals surface area contributed by atoms with Gasteiger partial charge in [0.15, 0.2) is 0 Å². The van der Waals surface area contributed by atoms with Gasteiger partial charge in [-0.25, -0.2) is 4.98 Å². The zero-order chi connectivity index (χ0) is 14.5. The minimum atomic E-state index is 0.418. The summed E-state index contributed by atoms with van der Waals surface area (Å²) < 4.78 is 3.35. The minimum Gasteiger partial charge on any atom is -0.338 e. The van der Waals surface area contributed by atoms with Gasteiger partial charge in [0.05, 0.1) is 3.79 Å². The topological polar surface area (TPSA) is 29.9 Å². The first kappa shape index (κ1) is 15.7. The molecule has 0 fully saturated rings. The van der Waals surface area contributed by atoms with Crippen LogP contribution >= 0.6 is 27.3 Å². The molecule has 2 aromatic heterocycles. The highest BCUT2D eigenvalue weighted by atomic mass is 79.9. The molecule has 1 atom stereocenters. The van der Waals surface area contributed by atoms with Crippen LogP contribution in [-0.2, 0) is 13.5 Å². The molecule has 110 valence electrons. The van der Waals surface area contributed by atoms with Gasteiger partial charge in [-0.05, 0) is 53.9 Å². The monoisotopic (exact) mass is 355 g/mol. The van der Waals surface area contributed by atoms with E-state index in [1.54, 1.807) is 0 Å². The molecule has 0 spiro atoms. The maximum Gasteiger partial charge on any atom is 0.108 e. The maximum atomic E-state index is 4.41. The van der Waals surface area contributed by atoms with Gasteiger partial charge in [0.2, 0.25) is 0 Å². The smallest absolute Gasteiger partial charge is 0.108 e. The fourth-order valence-electron chi connectivity index (χ4n) is 2.23. The van der Waals surface area contributed by atoms with Crippen LogP contribution in [0.5, 0.6) is 0 Å². The Hall–Kier alpha value is -0.650. The molecular formula is C15H22BrN3S. The normalized spacial score (nSPS) is 12.8. The molecule has 0 bridgehead atoms. The fraction of sp³-hybridized carbons (Fsp3) is 0.533. The van der Waals surface area contributed by atoms with E-state index in [0.29, 0.717) is 6.04 Å². The molecule has 2 heterocycles. The Morgan fingerprint density at radius 3 is 2.85 bits per heavy atom. The van der Waals surface area contributed by atoms with Crippen molar-refractivity contribution in [2.45, 2.75) is 39.2 Å². The van der Waals surface area contributed by atoms with Crippen molar-refractivity contribution in [3.05, 3.63) is 38.5 Å². The van der Waals surface area contributed by atoms with Crippen LogP contribution in [0, 0.1) is 6.92 Å². The van der Waals surface area contributed by atoms with E-state index >= 15 is 0 Å². The summed E-state index contributed by atoms with van der Waals surface area (Å²) in [6.07, 6.45) is 7.12. The van der Waals surface area contributed by atoms with Gasteiger partial charge in [-0.1, -0.05) is 6.92 Å². The van der Waals surface area contributed by atoms with Crippen molar-refractivity contribution in [1.82, 2.24) is 14.9 Å². The van der Waals surface area contributed by atoms with Gasteiger partial charge in [-0.15, -0.1) is 11.3 Å². The largest absolute Gasteiger partial charge is 0.338 e. The average Bonchev–Trinajstić information content (AvgIpc) is 2.97. The van der Waals surface area contributed by atoms with Crippen LogP contribution in [0.3, 0.4) is 0 Å². The first-order valence-electron chi connectivity index (χ1n) is 7.07. The molecule has 0 saturated carbocycles. The van der Waals surface area contributed by atoms with E-state index in [-0.39, 0.29) is 0 Å². The van der Waals surface area contributed by atoms with Gasteiger partial charge >= 0.3 is 0 Å². The first-order chi connectivity index (χ1) is 9.61. The molecule has 0 saturated heterocycles. The molecule has 0 aromatic carbocycles. The molecule has 0 radical (unpaired) electrons. The number of hydrogen-bond donors (Lipinski definition) is 1. The van der Waals surface area contributed by atoms with E-state index in [2.05, 4.69) is 57.8 Å². The summed E-state index contributed by atoms with van der Waals surface area (Å²) in [5, 5.41) is 3.66. The van der Waals surface area contributed by atoms with Crippen molar-refractivity contribution in [1.29, 1.82) is 0 Å². The summed E-state index contributed by atoms with van der Waals surface area (Å²) in [5.41, 5.74) is 1.32. The second kappa shape index (κ2) is 7.38. The van der Waals surface area contributed by atoms with Gasteiger partial charge in [0.1, 0.15) is 5.82 Å². The average molecular weight is 356 g/mol. The SMILES string of the molecule is CCCNC(CCc1nccn1C)c1cc(C)c(Br)s1. The molecule has 1 unspecified atom stereocenters. The highest BCUT2D eigenvalue weighted by molar-refractivity contribution is 9.11. The third-order valence-corrected chi connectivity index (χ3v) is 5.69. The molecule has 2 rings (SSSR count). The molecular weight excluding hydrogens is 334 g/mol. The van der Waals surface area contributed by atoms with Crippen LogP contribution in [0.4, 0.5) is 0 Å². The lowest BCUT2D eigenvalue weighted by molar-refractivity contribution is 0.497. The molecule has 2 aromatic rings. The van der Waals surface area contributed by atoms with E-state index in [9.17, 15) is 0 Å². The first-order valence-corrected chi connectivity index (χ1v) is 8.68. The zero-order valence-electron chi connectivity index (χ0n) is 12.3. The van der Waals surface area contributed by atoms with Crippen LogP contribution in [0.25, 0.3) is 0 Å². The van der Waals surface area contributed by atoms with Crippen LogP contribution in [0.2, 0.25) is 0 Å². The Morgan fingerprint density at radius 2 is 2.30 bits per heavy atom. The number of aryl methyl sites for hydroxylation is 3. The molecule has 1 N–H and O–H groups in total. The van der Waals surface area contributed by atoms with Crippen LogP contribution in [-0.4, -0.2) is 16.1 Å². The van der Waals surface area contributed by atoms with E-state index in [0.717, 1.165) is 31.6 Å². The predicted octanol–water partition coefficient (Wildman–Crippen LogP) is 4.23. The van der Waals surface area contributed by atoms with Crippen LogP contribution < -0.4 is 5.32 Å². The predicted molar refractivity (Wildman–Crippen MR) is 89.3 cm³/mol. The zero-order valence-corrected chi connectivity index (χ0v) is 14.7. The van der Waals surface area contributed by atoms with Gasteiger partial charge in [-0.2, -0.15) is 0 Å². The maximum absolute atomic E-state index is 4.41. The Bertz CT molecular complexity index is 528. The third kappa shape index (κ3) is 3.93. The van der Waals surface area contributed by atoms with Crippen molar-refractivity contribution in [3.8, 4) is 0 Å². The number of aromatic nitrogens is 2. The summed E-state index contributed by atoms with van der Waals surface area (Å²) in [6, 6.07) is 2.71. The molecule has 0 amide bonds. The van der Waals surface area contributed by atoms with Gasteiger partial charge in [0.25, 0.3) is 0 Å². The third-order valence-electron chi connectivity index (χ3n) is 3.44. The summed E-state index contributed by atoms with van der Waals surface area (Å²) >= 11 is 5.47. The van der Waals surface area contributed by atoms with E-state index in [1.165, 1.54) is 14.2 Å². The minimum absolute atomic E-state index is 0.418. The Labute approximate surface area is 133 Å².